The molecule has 3 rings (SSSR count). The first-order valence-corrected chi connectivity index (χ1v) is 12.0. The van der Waals surface area contributed by atoms with Gasteiger partial charge in [-0.2, -0.15) is 0 Å². The Morgan fingerprint density at radius 2 is 1.91 bits per heavy atom. The van der Waals surface area contributed by atoms with E-state index < -0.39 is 6.04 Å². The monoisotopic (exact) mass is 446 g/mol. The van der Waals surface area contributed by atoms with Gasteiger partial charge in [0.25, 0.3) is 5.69 Å². The molecule has 8 heteroatoms. The number of carbonyl (C=O) groups excluding carboxylic acids is 1. The van der Waals surface area contributed by atoms with Crippen molar-refractivity contribution in [3.05, 3.63) is 33.9 Å². The highest BCUT2D eigenvalue weighted by molar-refractivity contribution is 5.76. The van der Waals surface area contributed by atoms with Crippen molar-refractivity contribution in [3.8, 4) is 0 Å². The number of nitro benzene ring substituents is 1. The topological polar surface area (TPSA) is 96.7 Å². The lowest BCUT2D eigenvalue weighted by atomic mass is 10.0. The van der Waals surface area contributed by atoms with Crippen LogP contribution in [0.3, 0.4) is 0 Å². The number of nitrogens with one attached hydrogen (secondary N) is 2. The Hall–Kier alpha value is -2.19. The third-order valence-electron chi connectivity index (χ3n) is 6.47. The van der Waals surface area contributed by atoms with Crippen LogP contribution in [0.15, 0.2) is 18.2 Å². The number of likely N-dealkylation sites (tertiary alicyclic amines) is 1. The van der Waals surface area contributed by atoms with Gasteiger partial charge in [0.05, 0.1) is 4.92 Å². The molecule has 1 heterocycles. The summed E-state index contributed by atoms with van der Waals surface area (Å²) in [6.07, 6.45) is 6.75. The first kappa shape index (κ1) is 24.5. The van der Waals surface area contributed by atoms with Crippen LogP contribution in [-0.2, 0) is 16.1 Å². The smallest absolute Gasteiger partial charge is 0.323 e. The Labute approximate surface area is 191 Å². The number of rotatable bonds is 10. The summed E-state index contributed by atoms with van der Waals surface area (Å²) in [5.74, 6) is 0.125. The minimum atomic E-state index is -0.410. The second kappa shape index (κ2) is 11.6. The normalized spacial score (nSPS) is 19.2. The van der Waals surface area contributed by atoms with Gasteiger partial charge in [-0.1, -0.05) is 19.9 Å². The lowest BCUT2D eigenvalue weighted by Crippen LogP contribution is -2.40. The van der Waals surface area contributed by atoms with Crippen LogP contribution in [0.25, 0.3) is 0 Å². The molecule has 32 heavy (non-hydrogen) atoms. The number of ether oxygens (including phenoxy) is 1. The molecule has 0 aromatic heterocycles. The number of nitrogens with zero attached hydrogens (tertiary/aromatic N) is 2. The molecule has 1 atom stereocenters. The zero-order valence-electron chi connectivity index (χ0n) is 19.6. The minimum Gasteiger partial charge on any atom is -0.461 e. The van der Waals surface area contributed by atoms with Gasteiger partial charge in [-0.15, -0.1) is 0 Å². The lowest BCUT2D eigenvalue weighted by molar-refractivity contribution is -0.384. The molecule has 1 aliphatic heterocycles. The molecule has 2 aliphatic rings. The van der Waals surface area contributed by atoms with Crippen LogP contribution in [0.4, 0.5) is 11.4 Å². The largest absolute Gasteiger partial charge is 0.461 e. The number of piperidine rings is 1. The van der Waals surface area contributed by atoms with Crippen LogP contribution in [0, 0.1) is 16.0 Å². The maximum atomic E-state index is 12.7. The van der Waals surface area contributed by atoms with Crippen molar-refractivity contribution in [2.45, 2.75) is 83.5 Å². The summed E-state index contributed by atoms with van der Waals surface area (Å²) in [5.41, 5.74) is 1.43. The van der Waals surface area contributed by atoms with Crippen molar-refractivity contribution < 1.29 is 14.5 Å². The van der Waals surface area contributed by atoms with E-state index in [4.69, 9.17) is 4.74 Å². The molecular weight excluding hydrogens is 408 g/mol. The van der Waals surface area contributed by atoms with E-state index in [-0.39, 0.29) is 28.7 Å². The summed E-state index contributed by atoms with van der Waals surface area (Å²) in [7, 11) is 2.09. The molecule has 8 nitrogen and oxygen atoms in total. The van der Waals surface area contributed by atoms with Crippen molar-refractivity contribution in [2.24, 2.45) is 5.92 Å². The van der Waals surface area contributed by atoms with E-state index in [1.54, 1.807) is 12.1 Å². The highest BCUT2D eigenvalue weighted by atomic mass is 16.6. The quantitative estimate of drug-likeness (QED) is 0.317. The Kier molecular flexibility index (Phi) is 8.87. The molecule has 1 aliphatic carbocycles. The molecule has 0 bridgehead atoms. The average Bonchev–Trinajstić information content (AvgIpc) is 3.26. The summed E-state index contributed by atoms with van der Waals surface area (Å²) < 4.78 is 5.71. The molecule has 2 fully saturated rings. The Morgan fingerprint density at radius 3 is 2.53 bits per heavy atom. The van der Waals surface area contributed by atoms with Gasteiger partial charge in [0.15, 0.2) is 0 Å². The Bertz CT molecular complexity index is 771. The molecule has 2 N–H and O–H groups in total. The summed E-state index contributed by atoms with van der Waals surface area (Å²) in [5, 5.41) is 18.4. The Morgan fingerprint density at radius 1 is 1.22 bits per heavy atom. The van der Waals surface area contributed by atoms with Gasteiger partial charge in [-0.3, -0.25) is 14.9 Å². The fourth-order valence-corrected chi connectivity index (χ4v) is 4.56. The predicted molar refractivity (Wildman–Crippen MR) is 126 cm³/mol. The molecule has 1 aromatic carbocycles. The maximum Gasteiger partial charge on any atom is 0.323 e. The molecule has 0 radical (unpaired) electrons. The van der Waals surface area contributed by atoms with Gasteiger partial charge in [0.2, 0.25) is 0 Å². The third-order valence-corrected chi connectivity index (χ3v) is 6.47. The number of nitro groups is 1. The summed E-state index contributed by atoms with van der Waals surface area (Å²) in [6, 6.07) is 5.13. The molecule has 1 aromatic rings. The fourth-order valence-electron chi connectivity index (χ4n) is 4.56. The van der Waals surface area contributed by atoms with Crippen molar-refractivity contribution in [1.82, 2.24) is 10.2 Å². The van der Waals surface area contributed by atoms with E-state index >= 15 is 0 Å². The number of esters is 1. The lowest BCUT2D eigenvalue weighted by Gasteiger charge is -2.30. The Balaban J connectivity index is 1.63. The zero-order chi connectivity index (χ0) is 23.1. The second-order valence-electron chi connectivity index (χ2n) is 9.74. The number of hydrogen-bond donors (Lipinski definition) is 2. The van der Waals surface area contributed by atoms with Crippen LogP contribution < -0.4 is 10.6 Å². The highest BCUT2D eigenvalue weighted by Crippen LogP contribution is 2.28. The fraction of sp³-hybridized carbons (Fsp3) is 0.708. The maximum absolute atomic E-state index is 12.7. The minimum absolute atomic E-state index is 0.0324. The number of hydrogen-bond acceptors (Lipinski definition) is 7. The number of carbonyl (C=O) groups is 1. The second-order valence-corrected chi connectivity index (χ2v) is 9.74. The van der Waals surface area contributed by atoms with Crippen molar-refractivity contribution in [1.29, 1.82) is 0 Å². The van der Waals surface area contributed by atoms with Gasteiger partial charge in [0, 0.05) is 18.7 Å². The van der Waals surface area contributed by atoms with E-state index in [0.717, 1.165) is 57.2 Å². The van der Waals surface area contributed by atoms with Crippen LogP contribution in [0.2, 0.25) is 0 Å². The summed E-state index contributed by atoms with van der Waals surface area (Å²) in [4.78, 5) is 26.4. The molecular formula is C24H38N4O4. The van der Waals surface area contributed by atoms with Crippen LogP contribution >= 0.6 is 0 Å². The van der Waals surface area contributed by atoms with Gasteiger partial charge in [0.1, 0.15) is 17.8 Å². The van der Waals surface area contributed by atoms with Gasteiger partial charge < -0.3 is 20.3 Å². The molecule has 0 spiro atoms. The SMILES string of the molecule is CC(C)CC(NCc1ccc(NC2CCN(C)CC2)c([N+](=O)[O-])c1)C(=O)OC1CCCC1. The standard InChI is InChI=1S/C24H38N4O4/c1-17(2)14-22(24(29)32-20-6-4-5-7-20)25-16-18-8-9-21(23(15-18)28(30)31)26-19-10-12-27(3)13-11-19/h8-9,15,17,19-20,22,25-26H,4-7,10-14,16H2,1-3H3. The number of anilines is 1. The predicted octanol–water partition coefficient (Wildman–Crippen LogP) is 4.09. The third kappa shape index (κ3) is 7.17. The van der Waals surface area contributed by atoms with Crippen LogP contribution in [0.1, 0.15) is 64.4 Å². The first-order valence-electron chi connectivity index (χ1n) is 12.0. The van der Waals surface area contributed by atoms with Crippen LogP contribution in [0.5, 0.6) is 0 Å². The highest BCUT2D eigenvalue weighted by Gasteiger charge is 2.26. The van der Waals surface area contributed by atoms with Gasteiger partial charge >= 0.3 is 5.97 Å². The average molecular weight is 447 g/mol. The molecule has 1 saturated heterocycles. The molecule has 1 unspecified atom stereocenters. The van der Waals surface area contributed by atoms with E-state index in [1.165, 1.54) is 0 Å². The van der Waals surface area contributed by atoms with E-state index in [0.29, 0.717) is 24.6 Å². The zero-order valence-corrected chi connectivity index (χ0v) is 19.6. The molecule has 0 amide bonds. The van der Waals surface area contributed by atoms with Gasteiger partial charge in [-0.05, 0) is 82.6 Å². The van der Waals surface area contributed by atoms with E-state index in [9.17, 15) is 14.9 Å². The van der Waals surface area contributed by atoms with Crippen molar-refractivity contribution in [2.75, 3.05) is 25.5 Å². The number of benzene rings is 1. The van der Waals surface area contributed by atoms with Crippen molar-refractivity contribution in [3.63, 3.8) is 0 Å². The molecule has 1 saturated carbocycles. The summed E-state index contributed by atoms with van der Waals surface area (Å²) in [6.45, 7) is 6.51. The van der Waals surface area contributed by atoms with Crippen molar-refractivity contribution >= 4 is 17.3 Å². The summed E-state index contributed by atoms with van der Waals surface area (Å²) >= 11 is 0. The van der Waals surface area contributed by atoms with Gasteiger partial charge in [-0.25, -0.2) is 0 Å². The van der Waals surface area contributed by atoms with E-state index in [1.807, 2.05) is 6.07 Å². The first-order chi connectivity index (χ1) is 15.3. The molecule has 178 valence electrons. The van der Waals surface area contributed by atoms with Crippen LogP contribution in [-0.4, -0.2) is 54.1 Å². The van der Waals surface area contributed by atoms with E-state index in [2.05, 4.69) is 36.4 Å².